The Hall–Kier alpha value is -0.995. The molecule has 1 aromatic carbocycles. The largest absolute Gasteiger partial charge is 0.488 e. The van der Waals surface area contributed by atoms with Crippen LogP contribution < -0.4 is 11.2 Å². The predicted octanol–water partition coefficient (Wildman–Crippen LogP) is 0.246. The highest BCUT2D eigenvalue weighted by Gasteiger charge is 2.23. The first-order valence-electron chi connectivity index (χ1n) is 4.58. The van der Waals surface area contributed by atoms with Gasteiger partial charge in [0.2, 0.25) is 0 Å². The number of nitrogens with two attached hydrogens (primary N) is 1. The lowest BCUT2D eigenvalue weighted by molar-refractivity contribution is 0.424. The molecule has 4 N–H and O–H groups in total. The summed E-state index contributed by atoms with van der Waals surface area (Å²) in [6, 6.07) is 5.11. The van der Waals surface area contributed by atoms with Crippen LogP contribution in [0, 0.1) is 0 Å². The SMILES string of the molecule is CC(C)(C)c1cc(N)ccc1B(O)O. The summed E-state index contributed by atoms with van der Waals surface area (Å²) in [5, 5.41) is 18.3. The Kier molecular flexibility index (Phi) is 2.88. The van der Waals surface area contributed by atoms with Gasteiger partial charge < -0.3 is 15.8 Å². The number of rotatable bonds is 1. The van der Waals surface area contributed by atoms with Crippen molar-refractivity contribution in [3.05, 3.63) is 23.8 Å². The second-order valence-corrected chi connectivity index (χ2v) is 4.47. The van der Waals surface area contributed by atoms with E-state index in [9.17, 15) is 10.0 Å². The van der Waals surface area contributed by atoms with Gasteiger partial charge in [0.25, 0.3) is 0 Å². The van der Waals surface area contributed by atoms with Gasteiger partial charge in [-0.1, -0.05) is 26.8 Å². The summed E-state index contributed by atoms with van der Waals surface area (Å²) in [6.45, 7) is 6.02. The predicted molar refractivity (Wildman–Crippen MR) is 59.4 cm³/mol. The lowest BCUT2D eigenvalue weighted by Gasteiger charge is -2.23. The summed E-state index contributed by atoms with van der Waals surface area (Å²) in [5.41, 5.74) is 7.54. The number of nitrogen functional groups attached to an aromatic ring is 1. The van der Waals surface area contributed by atoms with Gasteiger partial charge >= 0.3 is 7.12 Å². The van der Waals surface area contributed by atoms with E-state index in [0.717, 1.165) is 5.56 Å². The van der Waals surface area contributed by atoms with Gasteiger partial charge in [-0.2, -0.15) is 0 Å². The van der Waals surface area contributed by atoms with Gasteiger partial charge in [-0.05, 0) is 28.6 Å². The maximum absolute atomic E-state index is 9.17. The van der Waals surface area contributed by atoms with Crippen molar-refractivity contribution < 1.29 is 10.0 Å². The lowest BCUT2D eigenvalue weighted by Crippen LogP contribution is -2.37. The summed E-state index contributed by atoms with van der Waals surface area (Å²) in [7, 11) is -1.44. The fraction of sp³-hybridized carbons (Fsp3) is 0.400. The van der Waals surface area contributed by atoms with Crippen molar-refractivity contribution in [2.24, 2.45) is 0 Å². The first-order chi connectivity index (χ1) is 6.32. The number of anilines is 1. The van der Waals surface area contributed by atoms with Gasteiger partial charge in [0.15, 0.2) is 0 Å². The molecule has 0 bridgehead atoms. The summed E-state index contributed by atoms with van der Waals surface area (Å²) >= 11 is 0. The van der Waals surface area contributed by atoms with E-state index in [0.29, 0.717) is 11.2 Å². The third-order valence-electron chi connectivity index (χ3n) is 2.16. The van der Waals surface area contributed by atoms with Crippen molar-refractivity contribution in [1.29, 1.82) is 0 Å². The van der Waals surface area contributed by atoms with Crippen LogP contribution in [0.5, 0.6) is 0 Å². The maximum Gasteiger partial charge on any atom is 0.488 e. The molecule has 14 heavy (non-hydrogen) atoms. The average molecular weight is 193 g/mol. The standard InChI is InChI=1S/C10H16BNO2/c1-10(2,3)8-6-7(12)4-5-9(8)11(13)14/h4-6,13-14H,12H2,1-3H3. The van der Waals surface area contributed by atoms with Gasteiger partial charge in [-0.3, -0.25) is 0 Å². The zero-order valence-electron chi connectivity index (χ0n) is 8.78. The molecule has 1 rings (SSSR count). The molecule has 4 heteroatoms. The van der Waals surface area contributed by atoms with Crippen LogP contribution in [-0.4, -0.2) is 17.2 Å². The zero-order chi connectivity index (χ0) is 10.9. The Morgan fingerprint density at radius 2 is 1.79 bits per heavy atom. The molecule has 0 fully saturated rings. The molecule has 3 nitrogen and oxygen atoms in total. The second-order valence-electron chi connectivity index (χ2n) is 4.47. The Morgan fingerprint density at radius 1 is 1.21 bits per heavy atom. The van der Waals surface area contributed by atoms with E-state index in [1.54, 1.807) is 18.2 Å². The normalized spacial score (nSPS) is 11.5. The van der Waals surface area contributed by atoms with Gasteiger partial charge in [0.1, 0.15) is 0 Å². The molecule has 0 unspecified atom stereocenters. The first-order valence-corrected chi connectivity index (χ1v) is 4.58. The van der Waals surface area contributed by atoms with Gasteiger partial charge in [-0.15, -0.1) is 0 Å². The van der Waals surface area contributed by atoms with Crippen LogP contribution in [0.25, 0.3) is 0 Å². The molecular formula is C10H16BNO2. The van der Waals surface area contributed by atoms with Crippen molar-refractivity contribution in [1.82, 2.24) is 0 Å². The molecular weight excluding hydrogens is 177 g/mol. The third-order valence-corrected chi connectivity index (χ3v) is 2.16. The second kappa shape index (κ2) is 3.63. The fourth-order valence-corrected chi connectivity index (χ4v) is 1.45. The average Bonchev–Trinajstić information content (AvgIpc) is 2.01. The topological polar surface area (TPSA) is 66.5 Å². The molecule has 76 valence electrons. The molecule has 0 radical (unpaired) electrons. The number of benzene rings is 1. The van der Waals surface area contributed by atoms with Crippen LogP contribution in [0.4, 0.5) is 5.69 Å². The van der Waals surface area contributed by atoms with E-state index in [1.165, 1.54) is 0 Å². The van der Waals surface area contributed by atoms with Gasteiger partial charge in [0.05, 0.1) is 0 Å². The molecule has 0 aliphatic heterocycles. The minimum absolute atomic E-state index is 0.144. The highest BCUT2D eigenvalue weighted by atomic mass is 16.4. The Bertz CT molecular complexity index is 331. The summed E-state index contributed by atoms with van der Waals surface area (Å²) < 4.78 is 0. The molecule has 0 saturated heterocycles. The molecule has 0 aromatic heterocycles. The van der Waals surface area contributed by atoms with E-state index >= 15 is 0 Å². The van der Waals surface area contributed by atoms with E-state index in [2.05, 4.69) is 0 Å². The fourth-order valence-electron chi connectivity index (χ4n) is 1.45. The minimum atomic E-state index is -1.44. The van der Waals surface area contributed by atoms with E-state index < -0.39 is 7.12 Å². The van der Waals surface area contributed by atoms with Crippen molar-refractivity contribution in [2.75, 3.05) is 5.73 Å². The molecule has 0 aliphatic rings. The summed E-state index contributed by atoms with van der Waals surface area (Å²) in [6.07, 6.45) is 0. The highest BCUT2D eigenvalue weighted by molar-refractivity contribution is 6.59. The molecule has 1 aromatic rings. The summed E-state index contributed by atoms with van der Waals surface area (Å²) in [4.78, 5) is 0. The van der Waals surface area contributed by atoms with Crippen LogP contribution in [-0.2, 0) is 5.41 Å². The molecule has 0 spiro atoms. The van der Waals surface area contributed by atoms with Gasteiger partial charge in [-0.25, -0.2) is 0 Å². The lowest BCUT2D eigenvalue weighted by atomic mass is 9.70. The first kappa shape index (κ1) is 11.1. The van der Waals surface area contributed by atoms with Crippen molar-refractivity contribution >= 4 is 18.3 Å². The van der Waals surface area contributed by atoms with Crippen LogP contribution in [0.15, 0.2) is 18.2 Å². The Labute approximate surface area is 84.7 Å². The monoisotopic (exact) mass is 193 g/mol. The summed E-state index contributed by atoms with van der Waals surface area (Å²) in [5.74, 6) is 0. The van der Waals surface area contributed by atoms with Crippen molar-refractivity contribution in [2.45, 2.75) is 26.2 Å². The molecule has 0 amide bonds. The molecule has 0 aliphatic carbocycles. The van der Waals surface area contributed by atoms with Crippen LogP contribution in [0.2, 0.25) is 0 Å². The molecule has 0 heterocycles. The van der Waals surface area contributed by atoms with Crippen LogP contribution in [0.1, 0.15) is 26.3 Å². The highest BCUT2D eigenvalue weighted by Crippen LogP contribution is 2.22. The van der Waals surface area contributed by atoms with Gasteiger partial charge in [0, 0.05) is 5.69 Å². The van der Waals surface area contributed by atoms with E-state index in [-0.39, 0.29) is 5.41 Å². The van der Waals surface area contributed by atoms with Crippen molar-refractivity contribution in [3.8, 4) is 0 Å². The smallest absolute Gasteiger partial charge is 0.423 e. The quantitative estimate of drug-likeness (QED) is 0.442. The third kappa shape index (κ3) is 2.27. The van der Waals surface area contributed by atoms with Crippen LogP contribution >= 0.6 is 0 Å². The Morgan fingerprint density at radius 3 is 2.21 bits per heavy atom. The van der Waals surface area contributed by atoms with Crippen molar-refractivity contribution in [3.63, 3.8) is 0 Å². The van der Waals surface area contributed by atoms with E-state index in [1.807, 2.05) is 20.8 Å². The number of hydrogen-bond acceptors (Lipinski definition) is 3. The molecule has 0 saturated carbocycles. The molecule has 0 atom stereocenters. The Balaban J connectivity index is 3.30. The maximum atomic E-state index is 9.17. The minimum Gasteiger partial charge on any atom is -0.423 e. The zero-order valence-corrected chi connectivity index (χ0v) is 8.78. The van der Waals surface area contributed by atoms with Crippen LogP contribution in [0.3, 0.4) is 0 Å². The van der Waals surface area contributed by atoms with E-state index in [4.69, 9.17) is 5.73 Å². The number of hydrogen-bond donors (Lipinski definition) is 3.